The Balaban J connectivity index is 2.10. The van der Waals surface area contributed by atoms with Gasteiger partial charge in [-0.1, -0.05) is 20.3 Å². The highest BCUT2D eigenvalue weighted by Crippen LogP contribution is 2.09. The van der Waals surface area contributed by atoms with Crippen molar-refractivity contribution < 1.29 is 9.84 Å². The summed E-state index contributed by atoms with van der Waals surface area (Å²) in [6.07, 6.45) is 3.34. The van der Waals surface area contributed by atoms with Gasteiger partial charge in [-0.25, -0.2) is 0 Å². The molecule has 1 aromatic heterocycles. The van der Waals surface area contributed by atoms with E-state index in [1.54, 1.807) is 6.20 Å². The Morgan fingerprint density at radius 1 is 1.50 bits per heavy atom. The van der Waals surface area contributed by atoms with Crippen LogP contribution in [0.15, 0.2) is 6.20 Å². The number of hydrogen-bond donors (Lipinski definition) is 2. The van der Waals surface area contributed by atoms with Crippen LogP contribution in [0.25, 0.3) is 0 Å². The highest BCUT2D eigenvalue weighted by Gasteiger charge is 2.10. The zero-order valence-corrected chi connectivity index (χ0v) is 12.1. The molecule has 0 radical (unpaired) electrons. The van der Waals surface area contributed by atoms with Gasteiger partial charge in [0.25, 0.3) is 0 Å². The average Bonchev–Trinajstić information content (AvgIpc) is 2.86. The molecular formula is C12H23N3O2S. The van der Waals surface area contributed by atoms with Crippen LogP contribution in [-0.2, 0) is 0 Å². The van der Waals surface area contributed by atoms with Crippen molar-refractivity contribution in [2.75, 3.05) is 13.2 Å². The Labute approximate surface area is 113 Å². The van der Waals surface area contributed by atoms with E-state index in [0.717, 1.165) is 18.1 Å². The largest absolute Gasteiger partial charge is 0.473 e. The van der Waals surface area contributed by atoms with Crippen molar-refractivity contribution in [1.29, 1.82) is 0 Å². The van der Waals surface area contributed by atoms with Gasteiger partial charge in [-0.2, -0.15) is 4.37 Å². The summed E-state index contributed by atoms with van der Waals surface area (Å²) in [6.45, 7) is 7.36. The Morgan fingerprint density at radius 3 is 2.89 bits per heavy atom. The number of ether oxygens (including phenoxy) is 1. The first kappa shape index (κ1) is 15.3. The molecular weight excluding hydrogens is 250 g/mol. The average molecular weight is 273 g/mol. The highest BCUT2D eigenvalue weighted by atomic mass is 32.1. The lowest BCUT2D eigenvalue weighted by Crippen LogP contribution is -2.37. The summed E-state index contributed by atoms with van der Waals surface area (Å²) < 4.78 is 13.0. The van der Waals surface area contributed by atoms with E-state index in [1.807, 2.05) is 0 Å². The lowest BCUT2D eigenvalue weighted by atomic mass is 10.0. The van der Waals surface area contributed by atoms with Gasteiger partial charge < -0.3 is 15.2 Å². The first-order valence-electron chi connectivity index (χ1n) is 6.43. The maximum Gasteiger partial charge on any atom is 0.245 e. The number of aliphatic hydroxyl groups excluding tert-OH is 1. The van der Waals surface area contributed by atoms with Crippen LogP contribution in [0, 0.1) is 5.92 Å². The fourth-order valence-electron chi connectivity index (χ4n) is 1.65. The number of aromatic nitrogens is 2. The van der Waals surface area contributed by atoms with Gasteiger partial charge in [-0.15, -0.1) is 4.37 Å². The number of hydrogen-bond acceptors (Lipinski definition) is 6. The quantitative estimate of drug-likeness (QED) is 0.716. The van der Waals surface area contributed by atoms with Gasteiger partial charge in [-0.05, 0) is 19.3 Å². The maximum atomic E-state index is 9.76. The molecule has 0 aliphatic heterocycles. The molecule has 104 valence electrons. The van der Waals surface area contributed by atoms with Crippen LogP contribution < -0.4 is 10.1 Å². The fourth-order valence-corrected chi connectivity index (χ4v) is 2.02. The van der Waals surface area contributed by atoms with Gasteiger partial charge in [0, 0.05) is 12.6 Å². The second kappa shape index (κ2) is 8.39. The predicted molar refractivity (Wildman–Crippen MR) is 72.9 cm³/mol. The van der Waals surface area contributed by atoms with Crippen molar-refractivity contribution in [2.24, 2.45) is 5.92 Å². The topological polar surface area (TPSA) is 67.3 Å². The highest BCUT2D eigenvalue weighted by molar-refractivity contribution is 6.99. The molecule has 2 N–H and O–H groups in total. The molecule has 3 unspecified atom stereocenters. The number of aliphatic hydroxyl groups is 1. The molecule has 0 bridgehead atoms. The molecule has 3 atom stereocenters. The standard InChI is InChI=1S/C12H23N3O2S/c1-4-9(2)5-10(3)13-6-11(16)8-17-12-7-14-18-15-12/h7,9-11,13,16H,4-6,8H2,1-3H3. The lowest BCUT2D eigenvalue weighted by Gasteiger charge is -2.19. The van der Waals surface area contributed by atoms with Crippen molar-refractivity contribution in [1.82, 2.24) is 14.1 Å². The van der Waals surface area contributed by atoms with Crippen LogP contribution >= 0.6 is 11.7 Å². The smallest absolute Gasteiger partial charge is 0.245 e. The van der Waals surface area contributed by atoms with Crippen LogP contribution in [0.5, 0.6) is 5.88 Å². The Bertz CT molecular complexity index is 308. The monoisotopic (exact) mass is 273 g/mol. The Hall–Kier alpha value is -0.720. The molecule has 18 heavy (non-hydrogen) atoms. The van der Waals surface area contributed by atoms with Crippen molar-refractivity contribution in [3.8, 4) is 5.88 Å². The summed E-state index contributed by atoms with van der Waals surface area (Å²) in [5.74, 6) is 1.19. The summed E-state index contributed by atoms with van der Waals surface area (Å²) in [7, 11) is 0. The van der Waals surface area contributed by atoms with E-state index in [1.165, 1.54) is 6.42 Å². The first-order valence-corrected chi connectivity index (χ1v) is 7.16. The molecule has 0 aromatic carbocycles. The summed E-state index contributed by atoms with van der Waals surface area (Å²) in [4.78, 5) is 0. The predicted octanol–water partition coefficient (Wildman–Crippen LogP) is 1.69. The molecule has 5 nitrogen and oxygen atoms in total. The number of rotatable bonds is 9. The lowest BCUT2D eigenvalue weighted by molar-refractivity contribution is 0.101. The minimum Gasteiger partial charge on any atom is -0.473 e. The molecule has 0 aliphatic rings. The molecule has 1 rings (SSSR count). The maximum absolute atomic E-state index is 9.76. The van der Waals surface area contributed by atoms with Gasteiger partial charge in [0.2, 0.25) is 5.88 Å². The number of nitrogens with zero attached hydrogens (tertiary/aromatic N) is 2. The summed E-state index contributed by atoms with van der Waals surface area (Å²) >= 11 is 1.10. The molecule has 0 amide bonds. The second-order valence-corrected chi connectivity index (χ2v) is 5.33. The van der Waals surface area contributed by atoms with Gasteiger partial charge in [0.1, 0.15) is 18.9 Å². The molecule has 0 fully saturated rings. The number of nitrogens with one attached hydrogen (secondary N) is 1. The van der Waals surface area contributed by atoms with E-state index >= 15 is 0 Å². The molecule has 0 aliphatic carbocycles. The molecule has 6 heteroatoms. The first-order chi connectivity index (χ1) is 8.61. The van der Waals surface area contributed by atoms with E-state index < -0.39 is 6.10 Å². The second-order valence-electron chi connectivity index (χ2n) is 4.77. The van der Waals surface area contributed by atoms with Gasteiger partial charge in [0.05, 0.1) is 11.7 Å². The summed E-state index contributed by atoms with van der Waals surface area (Å²) in [6, 6.07) is 0.413. The van der Waals surface area contributed by atoms with E-state index in [9.17, 15) is 5.11 Å². The van der Waals surface area contributed by atoms with Crippen molar-refractivity contribution in [2.45, 2.75) is 45.8 Å². The van der Waals surface area contributed by atoms with Crippen molar-refractivity contribution >= 4 is 11.7 Å². The van der Waals surface area contributed by atoms with Crippen LogP contribution in [-0.4, -0.2) is 39.2 Å². The molecule has 0 spiro atoms. The summed E-state index contributed by atoms with van der Waals surface area (Å²) in [5.41, 5.74) is 0. The minimum atomic E-state index is -0.522. The van der Waals surface area contributed by atoms with Crippen LogP contribution in [0.3, 0.4) is 0 Å². The third-order valence-electron chi connectivity index (χ3n) is 2.92. The van der Waals surface area contributed by atoms with E-state index in [4.69, 9.17) is 4.74 Å². The fraction of sp³-hybridized carbons (Fsp3) is 0.833. The van der Waals surface area contributed by atoms with Gasteiger partial charge in [0.15, 0.2) is 0 Å². The molecule has 1 aromatic rings. The minimum absolute atomic E-state index is 0.245. The normalized spacial score (nSPS) is 16.2. The van der Waals surface area contributed by atoms with Crippen LogP contribution in [0.2, 0.25) is 0 Å². The summed E-state index contributed by atoms with van der Waals surface area (Å²) in [5, 5.41) is 13.1. The van der Waals surface area contributed by atoms with Crippen molar-refractivity contribution in [3.05, 3.63) is 6.20 Å². The molecule has 0 saturated heterocycles. The van der Waals surface area contributed by atoms with Crippen LogP contribution in [0.1, 0.15) is 33.6 Å². The third kappa shape index (κ3) is 6.28. The van der Waals surface area contributed by atoms with Crippen LogP contribution in [0.4, 0.5) is 0 Å². The molecule has 1 heterocycles. The Morgan fingerprint density at radius 2 is 2.28 bits per heavy atom. The zero-order valence-electron chi connectivity index (χ0n) is 11.3. The molecule has 0 saturated carbocycles. The van der Waals surface area contributed by atoms with E-state index in [2.05, 4.69) is 34.8 Å². The van der Waals surface area contributed by atoms with Gasteiger partial charge >= 0.3 is 0 Å². The van der Waals surface area contributed by atoms with E-state index in [-0.39, 0.29) is 6.61 Å². The van der Waals surface area contributed by atoms with Crippen molar-refractivity contribution in [3.63, 3.8) is 0 Å². The third-order valence-corrected chi connectivity index (χ3v) is 3.38. The van der Waals surface area contributed by atoms with E-state index in [0.29, 0.717) is 24.4 Å². The Kier molecular flexibility index (Phi) is 7.15. The SMILES string of the molecule is CCC(C)CC(C)NCC(O)COc1cnsn1. The zero-order chi connectivity index (χ0) is 13.4. The van der Waals surface area contributed by atoms with Gasteiger partial charge in [-0.3, -0.25) is 0 Å².